The van der Waals surface area contributed by atoms with Crippen LogP contribution in [0, 0.1) is 0 Å². The van der Waals surface area contributed by atoms with Gasteiger partial charge in [-0.1, -0.05) is 0 Å². The van der Waals surface area contributed by atoms with Gasteiger partial charge in [-0.2, -0.15) is 15.1 Å². The maximum Gasteiger partial charge on any atom is 0.229 e. The molecule has 1 N–H and O–H groups in total. The Labute approximate surface area is 146 Å². The average Bonchev–Trinajstić information content (AvgIpc) is 3.04. The first-order valence-corrected chi connectivity index (χ1v) is 8.60. The number of anilines is 3. The highest BCUT2D eigenvalue weighted by atomic mass is 16.5. The molecule has 1 aliphatic rings. The summed E-state index contributed by atoms with van der Waals surface area (Å²) in [7, 11) is 3.57. The van der Waals surface area contributed by atoms with Crippen molar-refractivity contribution < 1.29 is 4.74 Å². The number of nitrogens with one attached hydrogen (secondary N) is 1. The van der Waals surface area contributed by atoms with E-state index in [1.165, 1.54) is 19.3 Å². The molecule has 25 heavy (non-hydrogen) atoms. The number of piperidine rings is 1. The number of hydrogen-bond donors (Lipinski definition) is 1. The van der Waals surface area contributed by atoms with Crippen LogP contribution in [0.2, 0.25) is 0 Å². The fraction of sp³-hybridized carbons (Fsp3) is 0.389. The Kier molecular flexibility index (Phi) is 4.13. The number of fused-ring (bicyclic) bond motifs is 1. The van der Waals surface area contributed by atoms with E-state index in [2.05, 4.69) is 15.3 Å². The molecule has 0 bridgehead atoms. The number of ether oxygens (including phenoxy) is 1. The third kappa shape index (κ3) is 3.09. The third-order valence-corrected chi connectivity index (χ3v) is 4.57. The minimum Gasteiger partial charge on any atom is -0.497 e. The van der Waals surface area contributed by atoms with Crippen molar-refractivity contribution in [3.8, 4) is 5.75 Å². The third-order valence-electron chi connectivity index (χ3n) is 4.57. The lowest BCUT2D eigenvalue weighted by atomic mass is 10.1. The van der Waals surface area contributed by atoms with E-state index >= 15 is 0 Å². The van der Waals surface area contributed by atoms with Crippen LogP contribution in [0.3, 0.4) is 0 Å². The van der Waals surface area contributed by atoms with Gasteiger partial charge in [0.2, 0.25) is 5.95 Å². The van der Waals surface area contributed by atoms with Gasteiger partial charge >= 0.3 is 0 Å². The zero-order valence-corrected chi connectivity index (χ0v) is 14.6. The number of nitrogens with zero attached hydrogens (tertiary/aromatic N) is 5. The van der Waals surface area contributed by atoms with Gasteiger partial charge < -0.3 is 15.0 Å². The maximum atomic E-state index is 5.22. The normalized spacial score (nSPS) is 14.7. The lowest BCUT2D eigenvalue weighted by molar-refractivity contribution is 0.415. The predicted molar refractivity (Wildman–Crippen MR) is 98.6 cm³/mol. The monoisotopic (exact) mass is 338 g/mol. The Morgan fingerprint density at radius 3 is 2.52 bits per heavy atom. The second kappa shape index (κ2) is 6.58. The van der Waals surface area contributed by atoms with Crippen LogP contribution in [0.1, 0.15) is 19.3 Å². The molecule has 0 saturated carbocycles. The molecule has 0 unspecified atom stereocenters. The van der Waals surface area contributed by atoms with Gasteiger partial charge in [0.1, 0.15) is 11.6 Å². The van der Waals surface area contributed by atoms with Crippen molar-refractivity contribution in [2.75, 3.05) is 30.4 Å². The summed E-state index contributed by atoms with van der Waals surface area (Å²) in [6.07, 6.45) is 5.46. The quantitative estimate of drug-likeness (QED) is 0.788. The number of aryl methyl sites for hydroxylation is 1. The lowest BCUT2D eigenvalue weighted by Crippen LogP contribution is -2.31. The van der Waals surface area contributed by atoms with E-state index < -0.39 is 0 Å². The van der Waals surface area contributed by atoms with Crippen molar-refractivity contribution in [3.63, 3.8) is 0 Å². The molecular weight excluding hydrogens is 316 g/mol. The van der Waals surface area contributed by atoms with Gasteiger partial charge in [0.15, 0.2) is 5.65 Å². The van der Waals surface area contributed by atoms with Crippen LogP contribution in [0.25, 0.3) is 11.0 Å². The minimum atomic E-state index is 0.770. The Morgan fingerprint density at radius 2 is 1.80 bits per heavy atom. The van der Waals surface area contributed by atoms with E-state index in [0.29, 0.717) is 0 Å². The molecule has 0 amide bonds. The lowest BCUT2D eigenvalue weighted by Gasteiger charge is -2.27. The maximum absolute atomic E-state index is 5.22. The molecule has 130 valence electrons. The van der Waals surface area contributed by atoms with Crippen molar-refractivity contribution in [1.29, 1.82) is 0 Å². The molecule has 1 fully saturated rings. The second-order valence-electron chi connectivity index (χ2n) is 6.28. The first-order valence-electron chi connectivity index (χ1n) is 8.60. The van der Waals surface area contributed by atoms with Crippen LogP contribution in [-0.2, 0) is 7.05 Å². The summed E-state index contributed by atoms with van der Waals surface area (Å²) in [5, 5.41) is 8.67. The van der Waals surface area contributed by atoms with E-state index in [1.807, 2.05) is 31.3 Å². The number of benzene rings is 1. The van der Waals surface area contributed by atoms with Crippen LogP contribution in [0.5, 0.6) is 5.75 Å². The minimum absolute atomic E-state index is 0.770. The van der Waals surface area contributed by atoms with Gasteiger partial charge in [-0.25, -0.2) is 0 Å². The highest BCUT2D eigenvalue weighted by Crippen LogP contribution is 2.27. The van der Waals surface area contributed by atoms with E-state index in [0.717, 1.165) is 47.3 Å². The van der Waals surface area contributed by atoms with Crippen LogP contribution in [0.4, 0.5) is 17.5 Å². The molecule has 2 aromatic heterocycles. The first-order chi connectivity index (χ1) is 12.2. The van der Waals surface area contributed by atoms with Gasteiger partial charge in [0.25, 0.3) is 0 Å². The summed E-state index contributed by atoms with van der Waals surface area (Å²) in [5.74, 6) is 2.38. The summed E-state index contributed by atoms with van der Waals surface area (Å²) in [6, 6.07) is 7.80. The van der Waals surface area contributed by atoms with Crippen LogP contribution in [0.15, 0.2) is 30.5 Å². The Bertz CT molecular complexity index is 867. The zero-order valence-electron chi connectivity index (χ0n) is 14.6. The van der Waals surface area contributed by atoms with Gasteiger partial charge in [-0.05, 0) is 43.5 Å². The topological polar surface area (TPSA) is 68.1 Å². The van der Waals surface area contributed by atoms with E-state index in [9.17, 15) is 0 Å². The van der Waals surface area contributed by atoms with Gasteiger partial charge in [0, 0.05) is 25.8 Å². The van der Waals surface area contributed by atoms with E-state index in [1.54, 1.807) is 18.0 Å². The predicted octanol–water partition coefficient (Wildman–Crippen LogP) is 3.11. The van der Waals surface area contributed by atoms with Crippen LogP contribution < -0.4 is 15.0 Å². The molecule has 1 aromatic carbocycles. The second-order valence-corrected chi connectivity index (χ2v) is 6.28. The standard InChI is InChI=1S/C18H22N6O/c1-23-17-15(12-19-23)16(20-13-6-8-14(25-2)9-7-13)21-18(22-17)24-10-4-3-5-11-24/h6-9,12H,3-5,10-11H2,1-2H3,(H,20,21,22). The zero-order chi connectivity index (χ0) is 17.2. The average molecular weight is 338 g/mol. The van der Waals surface area contributed by atoms with Crippen molar-refractivity contribution in [2.45, 2.75) is 19.3 Å². The van der Waals surface area contributed by atoms with Gasteiger partial charge in [0.05, 0.1) is 18.7 Å². The van der Waals surface area contributed by atoms with Crippen molar-refractivity contribution in [3.05, 3.63) is 30.5 Å². The van der Waals surface area contributed by atoms with Crippen molar-refractivity contribution in [1.82, 2.24) is 19.7 Å². The fourth-order valence-electron chi connectivity index (χ4n) is 3.15. The summed E-state index contributed by atoms with van der Waals surface area (Å²) in [4.78, 5) is 11.8. The summed E-state index contributed by atoms with van der Waals surface area (Å²) in [5.41, 5.74) is 1.79. The molecule has 7 nitrogen and oxygen atoms in total. The Morgan fingerprint density at radius 1 is 1.04 bits per heavy atom. The largest absolute Gasteiger partial charge is 0.497 e. The molecule has 7 heteroatoms. The van der Waals surface area contributed by atoms with Crippen LogP contribution in [-0.4, -0.2) is 39.9 Å². The van der Waals surface area contributed by atoms with Crippen LogP contribution >= 0.6 is 0 Å². The molecule has 4 rings (SSSR count). The molecule has 1 saturated heterocycles. The van der Waals surface area contributed by atoms with E-state index in [-0.39, 0.29) is 0 Å². The highest BCUT2D eigenvalue weighted by Gasteiger charge is 2.18. The SMILES string of the molecule is COc1ccc(Nc2nc(N3CCCCC3)nc3c2cnn3C)cc1. The van der Waals surface area contributed by atoms with Crippen molar-refractivity contribution in [2.24, 2.45) is 7.05 Å². The molecule has 3 aromatic rings. The Balaban J connectivity index is 1.72. The fourth-order valence-corrected chi connectivity index (χ4v) is 3.15. The Hall–Kier alpha value is -2.83. The molecule has 0 atom stereocenters. The molecule has 0 aliphatic carbocycles. The summed E-state index contributed by atoms with van der Waals surface area (Å²) < 4.78 is 7.01. The molecule has 1 aliphatic heterocycles. The first kappa shape index (κ1) is 15.7. The number of rotatable bonds is 4. The van der Waals surface area contributed by atoms with Crippen molar-refractivity contribution >= 4 is 28.5 Å². The summed E-state index contributed by atoms with van der Waals surface area (Å²) >= 11 is 0. The van der Waals surface area contributed by atoms with E-state index in [4.69, 9.17) is 14.7 Å². The molecule has 3 heterocycles. The highest BCUT2D eigenvalue weighted by molar-refractivity contribution is 5.89. The number of methoxy groups -OCH3 is 1. The molecule has 0 radical (unpaired) electrons. The molecule has 0 spiro atoms. The van der Waals surface area contributed by atoms with Gasteiger partial charge in [-0.3, -0.25) is 4.68 Å². The smallest absolute Gasteiger partial charge is 0.229 e. The summed E-state index contributed by atoms with van der Waals surface area (Å²) in [6.45, 7) is 2.01. The van der Waals surface area contributed by atoms with Gasteiger partial charge in [-0.15, -0.1) is 0 Å². The number of hydrogen-bond acceptors (Lipinski definition) is 6. The number of aromatic nitrogens is 4. The molecular formula is C18H22N6O.